The van der Waals surface area contributed by atoms with Crippen LogP contribution in [0.3, 0.4) is 0 Å². The number of nitrogens with zero attached hydrogens (tertiary/aromatic N) is 1. The second-order valence-corrected chi connectivity index (χ2v) is 6.06. The molecule has 2 amide bonds. The summed E-state index contributed by atoms with van der Waals surface area (Å²) in [5.41, 5.74) is 1.10. The van der Waals surface area contributed by atoms with E-state index < -0.39 is 0 Å². The first-order chi connectivity index (χ1) is 9.65. The van der Waals surface area contributed by atoms with Crippen LogP contribution in [0.5, 0.6) is 0 Å². The van der Waals surface area contributed by atoms with Crippen LogP contribution in [0.1, 0.15) is 12.0 Å². The van der Waals surface area contributed by atoms with E-state index >= 15 is 0 Å². The predicted octanol–water partition coefficient (Wildman–Crippen LogP) is 1.92. The van der Waals surface area contributed by atoms with Gasteiger partial charge in [0.05, 0.1) is 12.3 Å². The molecule has 0 bridgehead atoms. The lowest BCUT2D eigenvalue weighted by Crippen LogP contribution is -2.38. The summed E-state index contributed by atoms with van der Waals surface area (Å²) in [6, 6.07) is 7.62. The minimum absolute atomic E-state index is 0.0223. The van der Waals surface area contributed by atoms with Crippen molar-refractivity contribution in [3.8, 4) is 0 Å². The molecule has 1 aliphatic rings. The molecular weight excluding hydrogens is 296 g/mol. The van der Waals surface area contributed by atoms with E-state index in [-0.39, 0.29) is 18.4 Å². The number of hydrogen-bond donors (Lipinski definition) is 1. The summed E-state index contributed by atoms with van der Waals surface area (Å²) in [6.07, 6.45) is 0.816. The van der Waals surface area contributed by atoms with Crippen molar-refractivity contribution in [3.63, 3.8) is 0 Å². The molecule has 0 aromatic heterocycles. The number of halogens is 1. The Morgan fingerprint density at radius 1 is 1.45 bits per heavy atom. The highest BCUT2D eigenvalue weighted by Crippen LogP contribution is 2.17. The standard InChI is InChI=1S/C14H17ClN2O2S/c15-12-4-1-3-11(7-12)9-20-10-14(19)17-6-2-5-16-13(18)8-17/h1,3-4,7H,2,5-6,8-10H2,(H,16,18). The number of thioether (sulfide) groups is 1. The van der Waals surface area contributed by atoms with Gasteiger partial charge in [0.25, 0.3) is 0 Å². The molecule has 2 rings (SSSR count). The van der Waals surface area contributed by atoms with Crippen LogP contribution in [0.2, 0.25) is 5.02 Å². The highest BCUT2D eigenvalue weighted by atomic mass is 35.5. The maximum Gasteiger partial charge on any atom is 0.239 e. The van der Waals surface area contributed by atoms with Crippen LogP contribution in [0.15, 0.2) is 24.3 Å². The lowest BCUT2D eigenvalue weighted by atomic mass is 10.2. The van der Waals surface area contributed by atoms with Crippen molar-refractivity contribution in [1.82, 2.24) is 10.2 Å². The molecule has 6 heteroatoms. The summed E-state index contributed by atoms with van der Waals surface area (Å²) in [5.74, 6) is 1.08. The van der Waals surface area contributed by atoms with Crippen molar-refractivity contribution in [2.24, 2.45) is 0 Å². The number of carbonyl (C=O) groups excluding carboxylic acids is 2. The Bertz CT molecular complexity index is 496. The van der Waals surface area contributed by atoms with Crippen LogP contribution < -0.4 is 5.32 Å². The van der Waals surface area contributed by atoms with E-state index in [1.807, 2.05) is 24.3 Å². The Morgan fingerprint density at radius 3 is 3.10 bits per heavy atom. The molecule has 1 heterocycles. The van der Waals surface area contributed by atoms with Gasteiger partial charge in [-0.15, -0.1) is 11.8 Å². The summed E-state index contributed by atoms with van der Waals surface area (Å²) < 4.78 is 0. The summed E-state index contributed by atoms with van der Waals surface area (Å²) in [5, 5.41) is 3.47. The molecule has 0 unspecified atom stereocenters. The molecule has 0 saturated carbocycles. The smallest absolute Gasteiger partial charge is 0.239 e. The topological polar surface area (TPSA) is 49.4 Å². The van der Waals surface area contributed by atoms with Gasteiger partial charge in [-0.2, -0.15) is 0 Å². The lowest BCUT2D eigenvalue weighted by Gasteiger charge is -2.18. The zero-order chi connectivity index (χ0) is 14.4. The Hall–Kier alpha value is -1.20. The summed E-state index contributed by atoms with van der Waals surface area (Å²) in [7, 11) is 0. The highest BCUT2D eigenvalue weighted by molar-refractivity contribution is 7.99. The van der Waals surface area contributed by atoms with Gasteiger partial charge in [-0.05, 0) is 24.1 Å². The first-order valence-corrected chi connectivity index (χ1v) is 8.05. The van der Waals surface area contributed by atoms with Crippen LogP contribution in [0, 0.1) is 0 Å². The van der Waals surface area contributed by atoms with Gasteiger partial charge in [0.2, 0.25) is 11.8 Å². The summed E-state index contributed by atoms with van der Waals surface area (Å²) in [6.45, 7) is 1.48. The fraction of sp³-hybridized carbons (Fsp3) is 0.429. The minimum atomic E-state index is -0.0734. The van der Waals surface area contributed by atoms with Crippen LogP contribution in [-0.2, 0) is 15.3 Å². The van der Waals surface area contributed by atoms with Crippen molar-refractivity contribution in [3.05, 3.63) is 34.9 Å². The molecular formula is C14H17ClN2O2S. The number of nitrogens with one attached hydrogen (secondary N) is 1. The van der Waals surface area contributed by atoms with Crippen molar-refractivity contribution in [2.45, 2.75) is 12.2 Å². The first kappa shape index (κ1) is 15.2. The molecule has 0 spiro atoms. The zero-order valence-corrected chi connectivity index (χ0v) is 12.7. The van der Waals surface area contributed by atoms with Gasteiger partial charge in [0.15, 0.2) is 0 Å². The number of amides is 2. The Labute approximate surface area is 127 Å². The Morgan fingerprint density at radius 2 is 2.30 bits per heavy atom. The van der Waals surface area contributed by atoms with Gasteiger partial charge >= 0.3 is 0 Å². The lowest BCUT2D eigenvalue weighted by molar-refractivity contribution is -0.133. The number of benzene rings is 1. The van der Waals surface area contributed by atoms with Crippen molar-refractivity contribution >= 4 is 35.2 Å². The number of rotatable bonds is 4. The number of hydrogen-bond acceptors (Lipinski definition) is 3. The van der Waals surface area contributed by atoms with Crippen LogP contribution >= 0.6 is 23.4 Å². The average molecular weight is 313 g/mol. The van der Waals surface area contributed by atoms with Gasteiger partial charge in [-0.3, -0.25) is 9.59 Å². The normalized spacial score (nSPS) is 15.7. The molecule has 1 fully saturated rings. The average Bonchev–Trinajstić information content (AvgIpc) is 2.63. The summed E-state index contributed by atoms with van der Waals surface area (Å²) in [4.78, 5) is 25.1. The molecule has 4 nitrogen and oxygen atoms in total. The fourth-order valence-corrected chi connectivity index (χ4v) is 3.08. The molecule has 1 aliphatic heterocycles. The molecule has 0 aliphatic carbocycles. The van der Waals surface area contributed by atoms with Gasteiger partial charge < -0.3 is 10.2 Å². The molecule has 0 radical (unpaired) electrons. The maximum absolute atomic E-state index is 12.1. The minimum Gasteiger partial charge on any atom is -0.354 e. The SMILES string of the molecule is O=C1CN(C(=O)CSCc2cccc(Cl)c2)CCCN1. The van der Waals surface area contributed by atoms with Crippen molar-refractivity contribution in [2.75, 3.05) is 25.4 Å². The van der Waals surface area contributed by atoms with E-state index in [0.717, 1.165) is 17.7 Å². The molecule has 108 valence electrons. The second-order valence-electron chi connectivity index (χ2n) is 4.64. The monoisotopic (exact) mass is 312 g/mol. The molecule has 20 heavy (non-hydrogen) atoms. The second kappa shape index (κ2) is 7.55. The van der Waals surface area contributed by atoms with Gasteiger partial charge in [-0.1, -0.05) is 23.7 Å². The third kappa shape index (κ3) is 4.72. The van der Waals surface area contributed by atoms with Gasteiger partial charge in [0, 0.05) is 23.9 Å². The maximum atomic E-state index is 12.1. The largest absolute Gasteiger partial charge is 0.354 e. The molecule has 1 saturated heterocycles. The van der Waals surface area contributed by atoms with E-state index in [4.69, 9.17) is 11.6 Å². The highest BCUT2D eigenvalue weighted by Gasteiger charge is 2.19. The predicted molar refractivity (Wildman–Crippen MR) is 81.8 cm³/mol. The first-order valence-electron chi connectivity index (χ1n) is 6.52. The molecule has 1 N–H and O–H groups in total. The van der Waals surface area contributed by atoms with Gasteiger partial charge in [-0.25, -0.2) is 0 Å². The Balaban J connectivity index is 1.78. The van der Waals surface area contributed by atoms with Crippen LogP contribution in [0.25, 0.3) is 0 Å². The Kier molecular flexibility index (Phi) is 5.73. The quantitative estimate of drug-likeness (QED) is 0.924. The number of carbonyl (C=O) groups is 2. The van der Waals surface area contributed by atoms with E-state index in [9.17, 15) is 9.59 Å². The third-order valence-corrected chi connectivity index (χ3v) is 4.22. The molecule has 0 atom stereocenters. The van der Waals surface area contributed by atoms with Crippen molar-refractivity contribution < 1.29 is 9.59 Å². The summed E-state index contributed by atoms with van der Waals surface area (Å²) >= 11 is 7.46. The van der Waals surface area contributed by atoms with Crippen molar-refractivity contribution in [1.29, 1.82) is 0 Å². The van der Waals surface area contributed by atoms with E-state index in [2.05, 4.69) is 5.32 Å². The zero-order valence-electron chi connectivity index (χ0n) is 11.1. The van der Waals surface area contributed by atoms with Crippen LogP contribution in [0.4, 0.5) is 0 Å². The fourth-order valence-electron chi connectivity index (χ4n) is 1.99. The third-order valence-electron chi connectivity index (χ3n) is 3.00. The van der Waals surface area contributed by atoms with Gasteiger partial charge in [0.1, 0.15) is 0 Å². The van der Waals surface area contributed by atoms with Crippen LogP contribution in [-0.4, -0.2) is 42.1 Å². The van der Waals surface area contributed by atoms with E-state index in [0.29, 0.717) is 23.9 Å². The molecule has 1 aromatic carbocycles. The van der Waals surface area contributed by atoms with E-state index in [1.54, 1.807) is 16.7 Å². The molecule has 1 aromatic rings. The van der Waals surface area contributed by atoms with E-state index in [1.165, 1.54) is 0 Å².